The summed E-state index contributed by atoms with van der Waals surface area (Å²) in [5, 5.41) is 9.70. The van der Waals surface area contributed by atoms with Crippen molar-refractivity contribution in [1.29, 1.82) is 0 Å². The molecule has 0 spiro atoms. The molecule has 0 aliphatic rings. The van der Waals surface area contributed by atoms with Crippen LogP contribution in [-0.2, 0) is 4.79 Å². The lowest BCUT2D eigenvalue weighted by atomic mass is 10.0. The molecule has 2 atom stereocenters. The van der Waals surface area contributed by atoms with Gasteiger partial charge in [-0.3, -0.25) is 9.59 Å². The first kappa shape index (κ1) is 23.0. The van der Waals surface area contributed by atoms with E-state index in [-0.39, 0.29) is 23.6 Å². The van der Waals surface area contributed by atoms with Crippen molar-refractivity contribution in [1.82, 2.24) is 20.8 Å². The largest absolute Gasteiger partial charge is 0.496 e. The normalized spacial score (nSPS) is 12.8. The molecule has 0 radical (unpaired) electrons. The highest BCUT2D eigenvalue weighted by atomic mass is 16.5. The number of hydrogen-bond acceptors (Lipinski definition) is 6. The molecule has 0 unspecified atom stereocenters. The number of carbonyl (C=O) groups excluding carboxylic acids is 2. The zero-order valence-corrected chi connectivity index (χ0v) is 18.9. The molecule has 32 heavy (non-hydrogen) atoms. The molecule has 1 aromatic heterocycles. The molecule has 2 amide bonds. The van der Waals surface area contributed by atoms with Crippen molar-refractivity contribution in [3.63, 3.8) is 0 Å². The van der Waals surface area contributed by atoms with E-state index in [0.717, 1.165) is 5.56 Å². The number of para-hydroxylation sites is 1. The second-order valence-electron chi connectivity index (χ2n) is 7.95. The highest BCUT2D eigenvalue weighted by molar-refractivity contribution is 5.97. The Morgan fingerprint density at radius 3 is 2.47 bits per heavy atom. The standard InChI is InChI=1S/C24H28N4O4/c1-14(2)20(26-22(29)17-10-8-9-15(3)13-17)23(30)25-16(4)24-27-21(28-32-24)18-11-6-7-12-19(18)31-5/h6-14,16,20H,1-5H3,(H,25,30)(H,26,29)/t16-,20+/m1/s1. The minimum absolute atomic E-state index is 0.122. The van der Waals surface area contributed by atoms with Crippen molar-refractivity contribution in [2.45, 2.75) is 39.8 Å². The predicted octanol–water partition coefficient (Wildman–Crippen LogP) is 3.69. The number of aromatic nitrogens is 2. The molecule has 0 bridgehead atoms. The van der Waals surface area contributed by atoms with Crippen LogP contribution in [0.4, 0.5) is 0 Å². The summed E-state index contributed by atoms with van der Waals surface area (Å²) in [6, 6.07) is 13.3. The van der Waals surface area contributed by atoms with Gasteiger partial charge in [0, 0.05) is 5.56 Å². The summed E-state index contributed by atoms with van der Waals surface area (Å²) in [6.45, 7) is 7.40. The Kier molecular flexibility index (Phi) is 7.25. The fourth-order valence-electron chi connectivity index (χ4n) is 3.26. The second-order valence-corrected chi connectivity index (χ2v) is 7.95. The summed E-state index contributed by atoms with van der Waals surface area (Å²) < 4.78 is 10.7. The van der Waals surface area contributed by atoms with E-state index in [4.69, 9.17) is 9.26 Å². The number of carbonyl (C=O) groups is 2. The van der Waals surface area contributed by atoms with E-state index >= 15 is 0 Å². The van der Waals surface area contributed by atoms with Gasteiger partial charge in [-0.25, -0.2) is 0 Å². The van der Waals surface area contributed by atoms with Crippen molar-refractivity contribution < 1.29 is 18.8 Å². The highest BCUT2D eigenvalue weighted by Gasteiger charge is 2.27. The Labute approximate surface area is 187 Å². The lowest BCUT2D eigenvalue weighted by Crippen LogP contribution is -2.50. The van der Waals surface area contributed by atoms with Crippen LogP contribution in [0, 0.1) is 12.8 Å². The average Bonchev–Trinajstić information content (AvgIpc) is 3.27. The summed E-state index contributed by atoms with van der Waals surface area (Å²) in [6.07, 6.45) is 0. The van der Waals surface area contributed by atoms with Crippen LogP contribution in [0.3, 0.4) is 0 Å². The summed E-state index contributed by atoms with van der Waals surface area (Å²) in [5.41, 5.74) is 2.17. The van der Waals surface area contributed by atoms with Gasteiger partial charge in [0.2, 0.25) is 17.6 Å². The topological polar surface area (TPSA) is 106 Å². The molecule has 2 aromatic carbocycles. The Balaban J connectivity index is 1.70. The van der Waals surface area contributed by atoms with Gasteiger partial charge < -0.3 is 19.9 Å². The van der Waals surface area contributed by atoms with Gasteiger partial charge in [-0.2, -0.15) is 4.98 Å². The number of benzene rings is 2. The van der Waals surface area contributed by atoms with E-state index in [2.05, 4.69) is 20.8 Å². The van der Waals surface area contributed by atoms with Crippen LogP contribution in [0.2, 0.25) is 0 Å². The van der Waals surface area contributed by atoms with Crippen molar-refractivity contribution in [2.24, 2.45) is 5.92 Å². The van der Waals surface area contributed by atoms with Crippen molar-refractivity contribution in [2.75, 3.05) is 7.11 Å². The molecule has 8 nitrogen and oxygen atoms in total. The van der Waals surface area contributed by atoms with Gasteiger partial charge >= 0.3 is 0 Å². The zero-order valence-electron chi connectivity index (χ0n) is 18.9. The fraction of sp³-hybridized carbons (Fsp3) is 0.333. The molecular formula is C24H28N4O4. The minimum atomic E-state index is -0.720. The number of aryl methyl sites for hydroxylation is 1. The lowest BCUT2D eigenvalue weighted by molar-refractivity contribution is -0.124. The molecule has 0 fully saturated rings. The molecule has 0 aliphatic carbocycles. The van der Waals surface area contributed by atoms with Crippen LogP contribution in [0.15, 0.2) is 53.1 Å². The van der Waals surface area contributed by atoms with E-state index < -0.39 is 12.1 Å². The van der Waals surface area contributed by atoms with E-state index in [1.807, 2.05) is 51.1 Å². The van der Waals surface area contributed by atoms with Gasteiger partial charge in [0.05, 0.1) is 12.7 Å². The van der Waals surface area contributed by atoms with Crippen LogP contribution in [-0.4, -0.2) is 35.1 Å². The third-order valence-corrected chi connectivity index (χ3v) is 5.03. The highest BCUT2D eigenvalue weighted by Crippen LogP contribution is 2.28. The van der Waals surface area contributed by atoms with Crippen LogP contribution in [0.5, 0.6) is 5.75 Å². The Morgan fingerprint density at radius 2 is 1.78 bits per heavy atom. The summed E-state index contributed by atoms with van der Waals surface area (Å²) in [5.74, 6) is 0.494. The van der Waals surface area contributed by atoms with Crippen LogP contribution < -0.4 is 15.4 Å². The Hall–Kier alpha value is -3.68. The zero-order chi connectivity index (χ0) is 23.3. The summed E-state index contributed by atoms with van der Waals surface area (Å²) in [7, 11) is 1.57. The third-order valence-electron chi connectivity index (χ3n) is 5.03. The van der Waals surface area contributed by atoms with E-state index in [0.29, 0.717) is 22.7 Å². The van der Waals surface area contributed by atoms with Crippen molar-refractivity contribution in [3.8, 4) is 17.1 Å². The second kappa shape index (κ2) is 10.1. The maximum Gasteiger partial charge on any atom is 0.251 e. The molecule has 3 aromatic rings. The SMILES string of the molecule is COc1ccccc1-c1noc([C@@H](C)NC(=O)[C@@H](NC(=O)c2cccc(C)c2)C(C)C)n1. The van der Waals surface area contributed by atoms with Gasteiger partial charge in [-0.15, -0.1) is 0 Å². The van der Waals surface area contributed by atoms with Crippen molar-refractivity contribution in [3.05, 3.63) is 65.5 Å². The predicted molar refractivity (Wildman–Crippen MR) is 120 cm³/mol. The van der Waals surface area contributed by atoms with Crippen LogP contribution >= 0.6 is 0 Å². The monoisotopic (exact) mass is 436 g/mol. The van der Waals surface area contributed by atoms with Gasteiger partial charge in [-0.05, 0) is 44.0 Å². The summed E-state index contributed by atoms with van der Waals surface area (Å²) in [4.78, 5) is 30.0. The maximum absolute atomic E-state index is 12.9. The number of nitrogens with zero attached hydrogens (tertiary/aromatic N) is 2. The summed E-state index contributed by atoms with van der Waals surface area (Å²) >= 11 is 0. The third kappa shape index (κ3) is 5.32. The number of hydrogen-bond donors (Lipinski definition) is 2. The number of ether oxygens (including phenoxy) is 1. The first-order valence-corrected chi connectivity index (χ1v) is 10.4. The molecule has 0 saturated carbocycles. The Bertz CT molecular complexity index is 1090. The van der Waals surface area contributed by atoms with Crippen molar-refractivity contribution >= 4 is 11.8 Å². The molecule has 0 saturated heterocycles. The number of amides is 2. The first-order chi connectivity index (χ1) is 15.3. The molecule has 0 aliphatic heterocycles. The molecule has 1 heterocycles. The average molecular weight is 437 g/mol. The molecule has 3 rings (SSSR count). The molecule has 168 valence electrons. The van der Waals surface area contributed by atoms with E-state index in [1.54, 1.807) is 32.2 Å². The van der Waals surface area contributed by atoms with E-state index in [1.165, 1.54) is 0 Å². The maximum atomic E-state index is 12.9. The van der Waals surface area contributed by atoms with E-state index in [9.17, 15) is 9.59 Å². The van der Waals surface area contributed by atoms with Crippen LogP contribution in [0.1, 0.15) is 48.6 Å². The minimum Gasteiger partial charge on any atom is -0.496 e. The first-order valence-electron chi connectivity index (χ1n) is 10.4. The Morgan fingerprint density at radius 1 is 1.03 bits per heavy atom. The number of rotatable bonds is 8. The van der Waals surface area contributed by atoms with Gasteiger partial charge in [-0.1, -0.05) is 48.8 Å². The smallest absolute Gasteiger partial charge is 0.251 e. The molecule has 8 heteroatoms. The van der Waals surface area contributed by atoms with Gasteiger partial charge in [0.15, 0.2) is 0 Å². The molecule has 2 N–H and O–H groups in total. The van der Waals surface area contributed by atoms with Gasteiger partial charge in [0.1, 0.15) is 17.8 Å². The molecular weight excluding hydrogens is 408 g/mol. The number of nitrogens with one attached hydrogen (secondary N) is 2. The number of methoxy groups -OCH3 is 1. The lowest BCUT2D eigenvalue weighted by Gasteiger charge is -2.23. The van der Waals surface area contributed by atoms with Gasteiger partial charge in [0.25, 0.3) is 5.91 Å². The quantitative estimate of drug-likeness (QED) is 0.558. The van der Waals surface area contributed by atoms with Crippen LogP contribution in [0.25, 0.3) is 11.4 Å². The fourth-order valence-corrected chi connectivity index (χ4v) is 3.26.